The highest BCUT2D eigenvalue weighted by Crippen LogP contribution is 2.18. The number of hydrogen-bond donors (Lipinski definition) is 1. The van der Waals surface area contributed by atoms with Gasteiger partial charge < -0.3 is 24.1 Å². The maximum atomic E-state index is 5.64. The minimum atomic E-state index is 0.571. The maximum absolute atomic E-state index is 5.64. The second kappa shape index (κ2) is 8.18. The van der Waals surface area contributed by atoms with Gasteiger partial charge >= 0.3 is 6.01 Å². The van der Waals surface area contributed by atoms with Gasteiger partial charge in [0.05, 0.1) is 13.2 Å². The molecule has 2 heterocycles. The van der Waals surface area contributed by atoms with E-state index in [4.69, 9.17) is 13.9 Å². The number of rotatable bonds is 8. The molecule has 114 valence electrons. The summed E-state index contributed by atoms with van der Waals surface area (Å²) in [6.07, 6.45) is 2.20. The van der Waals surface area contributed by atoms with E-state index in [1.165, 1.54) is 0 Å². The van der Waals surface area contributed by atoms with Crippen LogP contribution in [-0.4, -0.2) is 57.3 Å². The molecule has 1 fully saturated rings. The first-order valence-corrected chi connectivity index (χ1v) is 7.10. The number of nitrogens with one attached hydrogen (secondary N) is 1. The Hall–Kier alpha value is -1.18. The molecule has 7 heteroatoms. The number of nitrogens with zero attached hydrogens (tertiary/aromatic N) is 3. The SMILES string of the molecule is COCCNCc1nnc(N(C)CC2CCOCC2)o1. The minimum Gasteiger partial charge on any atom is -0.407 e. The van der Waals surface area contributed by atoms with E-state index in [9.17, 15) is 0 Å². The van der Waals surface area contributed by atoms with Gasteiger partial charge in [-0.05, 0) is 18.8 Å². The normalized spacial score (nSPS) is 16.5. The number of anilines is 1. The van der Waals surface area contributed by atoms with E-state index in [0.29, 0.717) is 31.0 Å². The largest absolute Gasteiger partial charge is 0.407 e. The van der Waals surface area contributed by atoms with Crippen LogP contribution in [0, 0.1) is 5.92 Å². The van der Waals surface area contributed by atoms with Gasteiger partial charge in [0, 0.05) is 40.5 Å². The molecule has 0 aromatic carbocycles. The molecule has 1 N–H and O–H groups in total. The third-order valence-corrected chi connectivity index (χ3v) is 3.41. The van der Waals surface area contributed by atoms with Crippen LogP contribution < -0.4 is 10.2 Å². The van der Waals surface area contributed by atoms with E-state index in [1.54, 1.807) is 7.11 Å². The molecule has 0 aliphatic carbocycles. The lowest BCUT2D eigenvalue weighted by molar-refractivity contribution is 0.0682. The van der Waals surface area contributed by atoms with Crippen molar-refractivity contribution in [1.29, 1.82) is 0 Å². The maximum Gasteiger partial charge on any atom is 0.317 e. The first-order chi connectivity index (χ1) is 9.79. The van der Waals surface area contributed by atoms with Crippen molar-refractivity contribution in [3.05, 3.63) is 5.89 Å². The van der Waals surface area contributed by atoms with Gasteiger partial charge in [-0.15, -0.1) is 5.10 Å². The molecule has 1 aromatic heterocycles. The van der Waals surface area contributed by atoms with Crippen molar-refractivity contribution in [2.75, 3.05) is 52.0 Å². The predicted octanol–water partition coefficient (Wildman–Crippen LogP) is 0.668. The molecule has 1 aliphatic rings. The van der Waals surface area contributed by atoms with Gasteiger partial charge in [0.1, 0.15) is 0 Å². The van der Waals surface area contributed by atoms with Crippen LogP contribution in [-0.2, 0) is 16.0 Å². The summed E-state index contributed by atoms with van der Waals surface area (Å²) >= 11 is 0. The average Bonchev–Trinajstić information content (AvgIpc) is 2.94. The Kier molecular flexibility index (Phi) is 6.23. The lowest BCUT2D eigenvalue weighted by Crippen LogP contribution is -2.29. The quantitative estimate of drug-likeness (QED) is 0.703. The second-order valence-corrected chi connectivity index (χ2v) is 5.08. The fourth-order valence-corrected chi connectivity index (χ4v) is 2.23. The molecule has 2 rings (SSSR count). The minimum absolute atomic E-state index is 0.571. The number of hydrogen-bond acceptors (Lipinski definition) is 7. The van der Waals surface area contributed by atoms with Crippen molar-refractivity contribution >= 4 is 6.01 Å². The van der Waals surface area contributed by atoms with E-state index in [0.717, 1.165) is 39.1 Å². The highest BCUT2D eigenvalue weighted by atomic mass is 16.5. The summed E-state index contributed by atoms with van der Waals surface area (Å²) in [6.45, 7) is 4.66. The summed E-state index contributed by atoms with van der Waals surface area (Å²) < 4.78 is 16.0. The molecular formula is C13H24N4O3. The number of aromatic nitrogens is 2. The van der Waals surface area contributed by atoms with Crippen molar-refractivity contribution in [3.63, 3.8) is 0 Å². The lowest BCUT2D eigenvalue weighted by atomic mass is 10.0. The number of ether oxygens (including phenoxy) is 2. The van der Waals surface area contributed by atoms with Crippen LogP contribution >= 0.6 is 0 Å². The van der Waals surface area contributed by atoms with Crippen molar-refractivity contribution in [2.45, 2.75) is 19.4 Å². The Morgan fingerprint density at radius 3 is 2.90 bits per heavy atom. The summed E-state index contributed by atoms with van der Waals surface area (Å²) in [5.41, 5.74) is 0. The Balaban J connectivity index is 1.75. The standard InChI is InChI=1S/C13H24N4O3/c1-17(10-11-3-6-19-7-4-11)13-16-15-12(20-13)9-14-5-8-18-2/h11,14H,3-10H2,1-2H3. The first-order valence-electron chi connectivity index (χ1n) is 7.10. The van der Waals surface area contributed by atoms with E-state index < -0.39 is 0 Å². The molecule has 0 unspecified atom stereocenters. The molecule has 0 radical (unpaired) electrons. The van der Waals surface area contributed by atoms with Crippen LogP contribution in [0.3, 0.4) is 0 Å². The summed E-state index contributed by atoms with van der Waals surface area (Å²) in [5, 5.41) is 11.3. The highest BCUT2D eigenvalue weighted by molar-refractivity contribution is 5.21. The molecule has 20 heavy (non-hydrogen) atoms. The summed E-state index contributed by atoms with van der Waals surface area (Å²) in [5.74, 6) is 1.25. The zero-order valence-corrected chi connectivity index (χ0v) is 12.3. The molecule has 1 aromatic rings. The van der Waals surface area contributed by atoms with Crippen LogP contribution in [0.4, 0.5) is 6.01 Å². The average molecular weight is 284 g/mol. The van der Waals surface area contributed by atoms with Gasteiger partial charge in [-0.2, -0.15) is 0 Å². The lowest BCUT2D eigenvalue weighted by Gasteiger charge is -2.25. The molecular weight excluding hydrogens is 260 g/mol. The smallest absolute Gasteiger partial charge is 0.317 e. The number of methoxy groups -OCH3 is 1. The van der Waals surface area contributed by atoms with Crippen molar-refractivity contribution in [2.24, 2.45) is 5.92 Å². The summed E-state index contributed by atoms with van der Waals surface area (Å²) in [4.78, 5) is 2.03. The third kappa shape index (κ3) is 4.73. The molecule has 0 spiro atoms. The van der Waals surface area contributed by atoms with Crippen LogP contribution in [0.15, 0.2) is 4.42 Å². The monoisotopic (exact) mass is 284 g/mol. The predicted molar refractivity (Wildman–Crippen MR) is 74.7 cm³/mol. The third-order valence-electron chi connectivity index (χ3n) is 3.41. The Bertz CT molecular complexity index is 379. The van der Waals surface area contributed by atoms with Crippen LogP contribution in [0.5, 0.6) is 0 Å². The van der Waals surface area contributed by atoms with Gasteiger partial charge in [-0.25, -0.2) is 0 Å². The fraction of sp³-hybridized carbons (Fsp3) is 0.846. The Morgan fingerprint density at radius 2 is 2.15 bits per heavy atom. The van der Waals surface area contributed by atoms with Gasteiger partial charge in [-0.1, -0.05) is 5.10 Å². The first kappa shape index (κ1) is 15.2. The van der Waals surface area contributed by atoms with Gasteiger partial charge in [0.2, 0.25) is 5.89 Å². The summed E-state index contributed by atoms with van der Waals surface area (Å²) in [7, 11) is 3.67. The molecule has 0 saturated carbocycles. The van der Waals surface area contributed by atoms with E-state index >= 15 is 0 Å². The van der Waals surface area contributed by atoms with E-state index in [1.807, 2.05) is 11.9 Å². The van der Waals surface area contributed by atoms with E-state index in [-0.39, 0.29) is 0 Å². The molecule has 1 aliphatic heterocycles. The highest BCUT2D eigenvalue weighted by Gasteiger charge is 2.18. The molecule has 7 nitrogen and oxygen atoms in total. The zero-order valence-electron chi connectivity index (χ0n) is 12.3. The molecule has 0 atom stereocenters. The Morgan fingerprint density at radius 1 is 1.35 bits per heavy atom. The Labute approximate surface area is 119 Å². The molecule has 0 amide bonds. The fourth-order valence-electron chi connectivity index (χ4n) is 2.23. The van der Waals surface area contributed by atoms with Gasteiger partial charge in [0.15, 0.2) is 0 Å². The van der Waals surface area contributed by atoms with Crippen molar-refractivity contribution < 1.29 is 13.9 Å². The van der Waals surface area contributed by atoms with Gasteiger partial charge in [-0.3, -0.25) is 0 Å². The second-order valence-electron chi connectivity index (χ2n) is 5.08. The van der Waals surface area contributed by atoms with Crippen LogP contribution in [0.25, 0.3) is 0 Å². The topological polar surface area (TPSA) is 72.7 Å². The van der Waals surface area contributed by atoms with Gasteiger partial charge in [0.25, 0.3) is 0 Å². The van der Waals surface area contributed by atoms with Crippen molar-refractivity contribution in [3.8, 4) is 0 Å². The summed E-state index contributed by atoms with van der Waals surface area (Å²) in [6, 6.07) is 0.583. The van der Waals surface area contributed by atoms with Crippen LogP contribution in [0.1, 0.15) is 18.7 Å². The van der Waals surface area contributed by atoms with Crippen LogP contribution in [0.2, 0.25) is 0 Å². The van der Waals surface area contributed by atoms with E-state index in [2.05, 4.69) is 15.5 Å². The molecule has 1 saturated heterocycles. The zero-order chi connectivity index (χ0) is 14.2. The molecule has 0 bridgehead atoms. The van der Waals surface area contributed by atoms with Crippen molar-refractivity contribution in [1.82, 2.24) is 15.5 Å².